The van der Waals surface area contributed by atoms with Gasteiger partial charge in [-0.25, -0.2) is 9.97 Å². The lowest BCUT2D eigenvalue weighted by atomic mass is 10.2. The molecule has 0 fully saturated rings. The van der Waals surface area contributed by atoms with Crippen LogP contribution in [0.25, 0.3) is 0 Å². The van der Waals surface area contributed by atoms with E-state index in [9.17, 15) is 4.79 Å². The molecule has 0 aliphatic rings. The molecular weight excluding hydrogens is 290 g/mol. The molecule has 0 aliphatic carbocycles. The highest BCUT2D eigenvalue weighted by Crippen LogP contribution is 2.19. The molecule has 0 unspecified atom stereocenters. The van der Waals surface area contributed by atoms with Crippen LogP contribution < -0.4 is 5.32 Å². The number of hydrogen-bond acceptors (Lipinski definition) is 5. The van der Waals surface area contributed by atoms with Gasteiger partial charge in [-0.2, -0.15) is 5.26 Å². The number of nitriles is 1. The fourth-order valence-corrected chi connectivity index (χ4v) is 2.06. The SMILES string of the molecule is CCCCN(C)C(=O)c1cc(Nc2ccccc2C#N)ncn1. The molecule has 6 nitrogen and oxygen atoms in total. The van der Waals surface area contributed by atoms with Crippen LogP contribution in [-0.4, -0.2) is 34.4 Å². The molecule has 1 aromatic carbocycles. The van der Waals surface area contributed by atoms with Gasteiger partial charge in [0, 0.05) is 19.7 Å². The van der Waals surface area contributed by atoms with Gasteiger partial charge in [0.15, 0.2) is 0 Å². The number of rotatable bonds is 6. The maximum atomic E-state index is 12.3. The molecule has 118 valence electrons. The van der Waals surface area contributed by atoms with Crippen LogP contribution in [0.2, 0.25) is 0 Å². The van der Waals surface area contributed by atoms with E-state index in [0.717, 1.165) is 12.8 Å². The summed E-state index contributed by atoms with van der Waals surface area (Å²) in [7, 11) is 1.76. The third-order valence-electron chi connectivity index (χ3n) is 3.39. The summed E-state index contributed by atoms with van der Waals surface area (Å²) in [5.41, 5.74) is 1.49. The van der Waals surface area contributed by atoms with Gasteiger partial charge in [-0.1, -0.05) is 25.5 Å². The zero-order valence-corrected chi connectivity index (χ0v) is 13.3. The van der Waals surface area contributed by atoms with Gasteiger partial charge in [0.1, 0.15) is 23.9 Å². The molecular formula is C17H19N5O. The smallest absolute Gasteiger partial charge is 0.272 e. The largest absolute Gasteiger partial charge is 0.340 e. The van der Waals surface area contributed by atoms with Gasteiger partial charge in [-0.05, 0) is 18.6 Å². The number of carbonyl (C=O) groups excluding carboxylic acids is 1. The third kappa shape index (κ3) is 4.27. The molecule has 1 amide bonds. The van der Waals surface area contributed by atoms with Gasteiger partial charge in [0.2, 0.25) is 0 Å². The van der Waals surface area contributed by atoms with Gasteiger partial charge < -0.3 is 10.2 Å². The first-order chi connectivity index (χ1) is 11.2. The molecule has 0 saturated carbocycles. The Labute approximate surface area is 135 Å². The summed E-state index contributed by atoms with van der Waals surface area (Å²) in [6, 6.07) is 10.8. The molecule has 0 bridgehead atoms. The molecule has 23 heavy (non-hydrogen) atoms. The van der Waals surface area contributed by atoms with Crippen molar-refractivity contribution >= 4 is 17.4 Å². The highest BCUT2D eigenvalue weighted by Gasteiger charge is 2.14. The van der Waals surface area contributed by atoms with Crippen molar-refractivity contribution in [3.63, 3.8) is 0 Å². The first kappa shape index (κ1) is 16.4. The van der Waals surface area contributed by atoms with E-state index < -0.39 is 0 Å². The summed E-state index contributed by atoms with van der Waals surface area (Å²) in [5, 5.41) is 12.2. The van der Waals surface area contributed by atoms with Gasteiger partial charge in [0.05, 0.1) is 11.3 Å². The number of nitrogens with one attached hydrogen (secondary N) is 1. The Balaban J connectivity index is 2.17. The average Bonchev–Trinajstić information content (AvgIpc) is 2.59. The fourth-order valence-electron chi connectivity index (χ4n) is 2.06. The van der Waals surface area contributed by atoms with E-state index in [-0.39, 0.29) is 5.91 Å². The minimum absolute atomic E-state index is 0.141. The quantitative estimate of drug-likeness (QED) is 0.887. The second kappa shape index (κ2) is 7.90. The van der Waals surface area contributed by atoms with Crippen LogP contribution >= 0.6 is 0 Å². The molecule has 1 heterocycles. The van der Waals surface area contributed by atoms with Crippen LogP contribution in [-0.2, 0) is 0 Å². The van der Waals surface area contributed by atoms with E-state index in [1.807, 2.05) is 6.07 Å². The summed E-state index contributed by atoms with van der Waals surface area (Å²) in [6.45, 7) is 2.77. The zero-order valence-electron chi connectivity index (χ0n) is 13.3. The molecule has 1 N–H and O–H groups in total. The second-order valence-corrected chi connectivity index (χ2v) is 5.15. The lowest BCUT2D eigenvalue weighted by molar-refractivity contribution is 0.0787. The predicted octanol–water partition coefficient (Wildman–Crippen LogP) is 2.96. The van der Waals surface area contributed by atoms with E-state index in [2.05, 4.69) is 28.3 Å². The van der Waals surface area contributed by atoms with Crippen LogP contribution in [0.5, 0.6) is 0 Å². The molecule has 0 atom stereocenters. The van der Waals surface area contributed by atoms with E-state index >= 15 is 0 Å². The molecule has 0 aliphatic heterocycles. The monoisotopic (exact) mass is 309 g/mol. The molecule has 2 rings (SSSR count). The summed E-state index contributed by atoms with van der Waals surface area (Å²) in [6.07, 6.45) is 3.32. The van der Waals surface area contributed by atoms with E-state index in [1.165, 1.54) is 6.33 Å². The Morgan fingerprint density at radius 1 is 1.35 bits per heavy atom. The Kier molecular flexibility index (Phi) is 5.64. The lowest BCUT2D eigenvalue weighted by Gasteiger charge is -2.16. The number of nitrogens with zero attached hydrogens (tertiary/aromatic N) is 4. The number of carbonyl (C=O) groups is 1. The Morgan fingerprint density at radius 3 is 2.87 bits per heavy atom. The summed E-state index contributed by atoms with van der Waals surface area (Å²) in [4.78, 5) is 22.1. The fraction of sp³-hybridized carbons (Fsp3) is 0.294. The second-order valence-electron chi connectivity index (χ2n) is 5.15. The summed E-state index contributed by atoms with van der Waals surface area (Å²) < 4.78 is 0. The lowest BCUT2D eigenvalue weighted by Crippen LogP contribution is -2.28. The normalized spacial score (nSPS) is 9.96. The number of para-hydroxylation sites is 1. The molecule has 0 radical (unpaired) electrons. The highest BCUT2D eigenvalue weighted by molar-refractivity contribution is 5.92. The van der Waals surface area contributed by atoms with Crippen molar-refractivity contribution in [1.82, 2.24) is 14.9 Å². The van der Waals surface area contributed by atoms with Crippen LogP contribution in [0, 0.1) is 11.3 Å². The minimum Gasteiger partial charge on any atom is -0.340 e. The highest BCUT2D eigenvalue weighted by atomic mass is 16.2. The van der Waals surface area contributed by atoms with E-state index in [1.54, 1.807) is 36.2 Å². The van der Waals surface area contributed by atoms with E-state index in [4.69, 9.17) is 5.26 Å². The van der Waals surface area contributed by atoms with Crippen molar-refractivity contribution in [2.75, 3.05) is 18.9 Å². The Hall–Kier alpha value is -2.94. The number of unbranched alkanes of at least 4 members (excludes halogenated alkanes) is 1. The molecule has 6 heteroatoms. The van der Waals surface area contributed by atoms with Crippen molar-refractivity contribution in [2.45, 2.75) is 19.8 Å². The first-order valence-electron chi connectivity index (χ1n) is 7.49. The van der Waals surface area contributed by atoms with Gasteiger partial charge >= 0.3 is 0 Å². The number of anilines is 2. The number of aromatic nitrogens is 2. The number of amides is 1. The molecule has 2 aromatic rings. The molecule has 0 saturated heterocycles. The molecule has 1 aromatic heterocycles. The van der Waals surface area contributed by atoms with Crippen LogP contribution in [0.1, 0.15) is 35.8 Å². The third-order valence-corrected chi connectivity index (χ3v) is 3.39. The Morgan fingerprint density at radius 2 is 2.13 bits per heavy atom. The van der Waals surface area contributed by atoms with Crippen molar-refractivity contribution in [1.29, 1.82) is 5.26 Å². The van der Waals surface area contributed by atoms with Crippen molar-refractivity contribution in [2.24, 2.45) is 0 Å². The Bertz CT molecular complexity index is 723. The van der Waals surface area contributed by atoms with Gasteiger partial charge in [0.25, 0.3) is 5.91 Å². The number of benzene rings is 1. The van der Waals surface area contributed by atoms with E-state index in [0.29, 0.717) is 29.3 Å². The van der Waals surface area contributed by atoms with Gasteiger partial charge in [-0.3, -0.25) is 4.79 Å². The van der Waals surface area contributed by atoms with Crippen LogP contribution in [0.3, 0.4) is 0 Å². The zero-order chi connectivity index (χ0) is 16.7. The maximum absolute atomic E-state index is 12.3. The number of hydrogen-bond donors (Lipinski definition) is 1. The summed E-state index contributed by atoms with van der Waals surface area (Å²) in [5.74, 6) is 0.340. The van der Waals surface area contributed by atoms with Crippen molar-refractivity contribution in [3.05, 3.63) is 47.9 Å². The van der Waals surface area contributed by atoms with Crippen LogP contribution in [0.4, 0.5) is 11.5 Å². The van der Waals surface area contributed by atoms with Crippen molar-refractivity contribution in [3.8, 4) is 6.07 Å². The maximum Gasteiger partial charge on any atom is 0.272 e. The average molecular weight is 309 g/mol. The van der Waals surface area contributed by atoms with Crippen LogP contribution in [0.15, 0.2) is 36.7 Å². The standard InChI is InChI=1S/C17H19N5O/c1-3-4-9-22(2)17(23)15-10-16(20-12-19-15)21-14-8-6-5-7-13(14)11-18/h5-8,10,12H,3-4,9H2,1-2H3,(H,19,20,21). The summed E-state index contributed by atoms with van der Waals surface area (Å²) >= 11 is 0. The van der Waals surface area contributed by atoms with Crippen molar-refractivity contribution < 1.29 is 4.79 Å². The topological polar surface area (TPSA) is 81.9 Å². The predicted molar refractivity (Wildman–Crippen MR) is 88.3 cm³/mol. The minimum atomic E-state index is -0.141. The first-order valence-corrected chi connectivity index (χ1v) is 7.49. The molecule has 0 spiro atoms. The van der Waals surface area contributed by atoms with Gasteiger partial charge in [-0.15, -0.1) is 0 Å².